The Balaban J connectivity index is 2.04. The highest BCUT2D eigenvalue weighted by Gasteiger charge is 2.03. The zero-order valence-corrected chi connectivity index (χ0v) is 15.5. The molecule has 0 bridgehead atoms. The maximum Gasteiger partial charge on any atom is 0.241 e. The Morgan fingerprint density at radius 3 is 2.07 bits per heavy atom. The van der Waals surface area contributed by atoms with Crippen molar-refractivity contribution in [3.05, 3.63) is 52.4 Å². The van der Waals surface area contributed by atoms with E-state index in [1.165, 1.54) is 0 Å². The van der Waals surface area contributed by atoms with Crippen molar-refractivity contribution in [2.75, 3.05) is 52.8 Å². The number of ketones is 1. The number of nitrogens with two attached hydrogens (primary N) is 1. The number of benzene rings is 1. The molecule has 0 heterocycles. The number of amides is 1. The summed E-state index contributed by atoms with van der Waals surface area (Å²) in [6.45, 7) is 3.19. The quantitative estimate of drug-likeness (QED) is 0.113. The van der Waals surface area contributed by atoms with Crippen molar-refractivity contribution < 1.29 is 28.5 Å². The number of azide groups is 1. The second-order valence-electron chi connectivity index (χ2n) is 5.26. The van der Waals surface area contributed by atoms with Gasteiger partial charge in [0.25, 0.3) is 0 Å². The second kappa shape index (κ2) is 15.2. The first kappa shape index (κ1) is 23.1. The molecule has 1 aromatic carbocycles. The first-order valence-electron chi connectivity index (χ1n) is 8.62. The van der Waals surface area contributed by atoms with Gasteiger partial charge in [0.1, 0.15) is 12.4 Å². The molecule has 0 unspecified atom stereocenters. The van der Waals surface area contributed by atoms with Gasteiger partial charge in [0.2, 0.25) is 5.91 Å². The maximum atomic E-state index is 11.8. The fourth-order valence-corrected chi connectivity index (χ4v) is 1.88. The molecule has 152 valence electrons. The highest BCUT2D eigenvalue weighted by atomic mass is 16.6. The first-order valence-corrected chi connectivity index (χ1v) is 8.62. The van der Waals surface area contributed by atoms with Crippen LogP contribution in [0, 0.1) is 0 Å². The normalized spacial score (nSPS) is 10.6. The summed E-state index contributed by atoms with van der Waals surface area (Å²) in [7, 11) is 0. The average Bonchev–Trinajstić information content (AvgIpc) is 2.70. The number of carbonyl (C=O) groups excluding carboxylic acids is 2. The third-order valence-corrected chi connectivity index (χ3v) is 3.18. The van der Waals surface area contributed by atoms with Crippen LogP contribution in [0.1, 0.15) is 10.4 Å². The standard InChI is InChI=1S/C18H24N4O6/c19-18(24)6-5-17(23)15-1-3-16(4-2-15)28-14-13-27-12-11-26-10-9-25-8-7-21-22-20/h1-6H,7-14H2,(H2,19,24)/b6-5+. The Morgan fingerprint density at radius 1 is 0.929 bits per heavy atom. The van der Waals surface area contributed by atoms with Gasteiger partial charge in [0, 0.05) is 23.1 Å². The Labute approximate surface area is 162 Å². The lowest BCUT2D eigenvalue weighted by molar-refractivity contribution is -0.113. The summed E-state index contributed by atoms with van der Waals surface area (Å²) < 4.78 is 21.4. The number of allylic oxidation sites excluding steroid dienone is 1. The topological polar surface area (TPSA) is 146 Å². The number of nitrogens with zero attached hydrogens (tertiary/aromatic N) is 3. The van der Waals surface area contributed by atoms with E-state index in [2.05, 4.69) is 10.0 Å². The van der Waals surface area contributed by atoms with E-state index in [-0.39, 0.29) is 5.78 Å². The molecular formula is C18H24N4O6. The fourth-order valence-electron chi connectivity index (χ4n) is 1.88. The molecule has 0 saturated heterocycles. The van der Waals surface area contributed by atoms with Crippen LogP contribution >= 0.6 is 0 Å². The lowest BCUT2D eigenvalue weighted by atomic mass is 10.1. The van der Waals surface area contributed by atoms with E-state index in [1.807, 2.05) is 0 Å². The largest absolute Gasteiger partial charge is 0.491 e. The Bertz CT molecular complexity index is 671. The molecule has 0 aliphatic rings. The third-order valence-electron chi connectivity index (χ3n) is 3.18. The van der Waals surface area contributed by atoms with Gasteiger partial charge in [0.15, 0.2) is 5.78 Å². The molecule has 10 nitrogen and oxygen atoms in total. The van der Waals surface area contributed by atoms with Crippen LogP contribution in [0.2, 0.25) is 0 Å². The maximum absolute atomic E-state index is 11.8. The predicted octanol–water partition coefficient (Wildman–Crippen LogP) is 1.65. The molecule has 0 aromatic heterocycles. The lowest BCUT2D eigenvalue weighted by Gasteiger charge is -2.08. The molecule has 0 aliphatic heterocycles. The van der Waals surface area contributed by atoms with E-state index in [0.717, 1.165) is 12.2 Å². The number of ether oxygens (including phenoxy) is 4. The van der Waals surface area contributed by atoms with Gasteiger partial charge in [-0.05, 0) is 35.9 Å². The van der Waals surface area contributed by atoms with Crippen molar-refractivity contribution >= 4 is 11.7 Å². The van der Waals surface area contributed by atoms with E-state index in [0.29, 0.717) is 64.1 Å². The molecule has 0 radical (unpaired) electrons. The van der Waals surface area contributed by atoms with Crippen LogP contribution in [-0.2, 0) is 19.0 Å². The van der Waals surface area contributed by atoms with Crippen LogP contribution in [0.5, 0.6) is 5.75 Å². The molecule has 0 saturated carbocycles. The van der Waals surface area contributed by atoms with E-state index >= 15 is 0 Å². The van der Waals surface area contributed by atoms with Gasteiger partial charge in [-0.2, -0.15) is 0 Å². The number of primary amides is 1. The zero-order valence-electron chi connectivity index (χ0n) is 15.5. The Morgan fingerprint density at radius 2 is 1.50 bits per heavy atom. The van der Waals surface area contributed by atoms with Crippen molar-refractivity contribution in [1.29, 1.82) is 0 Å². The van der Waals surface area contributed by atoms with Gasteiger partial charge >= 0.3 is 0 Å². The van der Waals surface area contributed by atoms with Crippen LogP contribution in [0.4, 0.5) is 0 Å². The molecule has 0 spiro atoms. The summed E-state index contributed by atoms with van der Waals surface area (Å²) in [6.07, 6.45) is 2.15. The number of hydrogen-bond donors (Lipinski definition) is 1. The van der Waals surface area contributed by atoms with E-state index in [4.69, 9.17) is 30.2 Å². The Hall–Kier alpha value is -2.91. The minimum atomic E-state index is -0.672. The minimum absolute atomic E-state index is 0.310. The van der Waals surface area contributed by atoms with Gasteiger partial charge in [-0.1, -0.05) is 5.11 Å². The molecule has 0 aliphatic carbocycles. The SMILES string of the molecule is [N-]=[N+]=NCCOCCOCCOCCOc1ccc(C(=O)/C=C/C(N)=O)cc1. The van der Waals surface area contributed by atoms with Crippen molar-refractivity contribution in [1.82, 2.24) is 0 Å². The number of hydrogen-bond acceptors (Lipinski definition) is 7. The van der Waals surface area contributed by atoms with Crippen LogP contribution in [-0.4, -0.2) is 64.5 Å². The molecule has 10 heteroatoms. The summed E-state index contributed by atoms with van der Waals surface area (Å²) >= 11 is 0. The van der Waals surface area contributed by atoms with Gasteiger partial charge < -0.3 is 24.7 Å². The van der Waals surface area contributed by atoms with E-state index < -0.39 is 5.91 Å². The van der Waals surface area contributed by atoms with Gasteiger partial charge in [-0.3, -0.25) is 9.59 Å². The summed E-state index contributed by atoms with van der Waals surface area (Å²) in [5.41, 5.74) is 13.5. The van der Waals surface area contributed by atoms with Gasteiger partial charge in [-0.15, -0.1) is 0 Å². The third kappa shape index (κ3) is 11.7. The van der Waals surface area contributed by atoms with Crippen molar-refractivity contribution in [3.63, 3.8) is 0 Å². The van der Waals surface area contributed by atoms with Crippen molar-refractivity contribution in [3.8, 4) is 5.75 Å². The van der Waals surface area contributed by atoms with Gasteiger partial charge in [0.05, 0.1) is 39.6 Å². The molecule has 1 aromatic rings. The summed E-state index contributed by atoms with van der Waals surface area (Å²) in [6, 6.07) is 6.53. The predicted molar refractivity (Wildman–Crippen MR) is 101 cm³/mol. The molecule has 0 fully saturated rings. The number of rotatable bonds is 16. The van der Waals surface area contributed by atoms with Crippen molar-refractivity contribution in [2.45, 2.75) is 0 Å². The Kier molecular flexibility index (Phi) is 12.5. The molecular weight excluding hydrogens is 368 g/mol. The monoisotopic (exact) mass is 392 g/mol. The lowest BCUT2D eigenvalue weighted by Crippen LogP contribution is -2.13. The summed E-state index contributed by atoms with van der Waals surface area (Å²) in [4.78, 5) is 25.0. The van der Waals surface area contributed by atoms with E-state index in [9.17, 15) is 9.59 Å². The molecule has 1 rings (SSSR count). The molecule has 2 N–H and O–H groups in total. The smallest absolute Gasteiger partial charge is 0.241 e. The fraction of sp³-hybridized carbons (Fsp3) is 0.444. The zero-order chi connectivity index (χ0) is 20.5. The summed E-state index contributed by atoms with van der Waals surface area (Å²) in [5.74, 6) is -0.378. The van der Waals surface area contributed by atoms with Crippen molar-refractivity contribution in [2.24, 2.45) is 10.8 Å². The summed E-state index contributed by atoms with van der Waals surface area (Å²) in [5, 5.41) is 3.34. The van der Waals surface area contributed by atoms with Crippen LogP contribution in [0.25, 0.3) is 10.4 Å². The van der Waals surface area contributed by atoms with Gasteiger partial charge in [-0.25, -0.2) is 0 Å². The molecule has 1 amide bonds. The van der Waals surface area contributed by atoms with Crippen LogP contribution in [0.15, 0.2) is 41.5 Å². The molecule has 28 heavy (non-hydrogen) atoms. The highest BCUT2D eigenvalue weighted by Crippen LogP contribution is 2.12. The van der Waals surface area contributed by atoms with Crippen LogP contribution < -0.4 is 10.5 Å². The highest BCUT2D eigenvalue weighted by molar-refractivity contribution is 6.07. The van der Waals surface area contributed by atoms with E-state index in [1.54, 1.807) is 24.3 Å². The average molecular weight is 392 g/mol. The number of carbonyl (C=O) groups is 2. The first-order chi connectivity index (χ1) is 13.6. The van der Waals surface area contributed by atoms with Crippen LogP contribution in [0.3, 0.4) is 0 Å². The second-order valence-corrected chi connectivity index (χ2v) is 5.26. The molecule has 0 atom stereocenters. The minimum Gasteiger partial charge on any atom is -0.491 e.